The molecule has 0 amide bonds. The first-order chi connectivity index (χ1) is 9.55. The van der Waals surface area contributed by atoms with Gasteiger partial charge in [0.05, 0.1) is 11.4 Å². The zero-order chi connectivity index (χ0) is 14.7. The summed E-state index contributed by atoms with van der Waals surface area (Å²) in [5.41, 5.74) is 12.1. The van der Waals surface area contributed by atoms with Crippen LogP contribution < -0.4 is 5.73 Å². The molecule has 3 nitrogen and oxygen atoms in total. The minimum atomic E-state index is 0.196. The van der Waals surface area contributed by atoms with Crippen molar-refractivity contribution in [1.82, 2.24) is 9.78 Å². The molecule has 0 radical (unpaired) electrons. The van der Waals surface area contributed by atoms with Crippen molar-refractivity contribution >= 4 is 0 Å². The van der Waals surface area contributed by atoms with E-state index in [9.17, 15) is 0 Å². The van der Waals surface area contributed by atoms with Gasteiger partial charge < -0.3 is 5.73 Å². The summed E-state index contributed by atoms with van der Waals surface area (Å²) in [7, 11) is 0. The van der Waals surface area contributed by atoms with Crippen molar-refractivity contribution in [2.24, 2.45) is 5.73 Å². The lowest BCUT2D eigenvalue weighted by atomic mass is 10.0. The zero-order valence-corrected chi connectivity index (χ0v) is 13.0. The van der Waals surface area contributed by atoms with Gasteiger partial charge in [0.1, 0.15) is 0 Å². The van der Waals surface area contributed by atoms with Crippen LogP contribution in [0.15, 0.2) is 24.3 Å². The molecule has 0 fully saturated rings. The van der Waals surface area contributed by atoms with Gasteiger partial charge in [0, 0.05) is 11.7 Å². The maximum Gasteiger partial charge on any atom is 0.0651 e. The molecule has 20 heavy (non-hydrogen) atoms. The monoisotopic (exact) mass is 271 g/mol. The van der Waals surface area contributed by atoms with Crippen LogP contribution in [0, 0.1) is 6.92 Å². The SMILES string of the molecule is CCc1cc(CC)n(-c2ccc(CC(C)N)c(C)c2)n1. The van der Waals surface area contributed by atoms with E-state index in [-0.39, 0.29) is 6.04 Å². The molecular weight excluding hydrogens is 246 g/mol. The number of aryl methyl sites for hydroxylation is 3. The largest absolute Gasteiger partial charge is 0.328 e. The fraction of sp³-hybridized carbons (Fsp3) is 0.471. The van der Waals surface area contributed by atoms with Gasteiger partial charge in [-0.05, 0) is 62.4 Å². The quantitative estimate of drug-likeness (QED) is 0.907. The van der Waals surface area contributed by atoms with Crippen molar-refractivity contribution in [3.05, 3.63) is 46.8 Å². The second-order valence-corrected chi connectivity index (χ2v) is 5.54. The molecule has 0 aliphatic rings. The number of hydrogen-bond donors (Lipinski definition) is 1. The van der Waals surface area contributed by atoms with Crippen LogP contribution >= 0.6 is 0 Å². The molecule has 2 aromatic rings. The maximum absolute atomic E-state index is 5.89. The Morgan fingerprint density at radius 2 is 1.95 bits per heavy atom. The average molecular weight is 271 g/mol. The van der Waals surface area contributed by atoms with Crippen LogP contribution in [0.2, 0.25) is 0 Å². The Kier molecular flexibility index (Phi) is 4.61. The van der Waals surface area contributed by atoms with Crippen LogP contribution in [0.4, 0.5) is 0 Å². The highest BCUT2D eigenvalue weighted by molar-refractivity contribution is 5.41. The molecule has 0 saturated carbocycles. The fourth-order valence-electron chi connectivity index (χ4n) is 2.51. The summed E-state index contributed by atoms with van der Waals surface area (Å²) in [6, 6.07) is 8.94. The van der Waals surface area contributed by atoms with Crippen molar-refractivity contribution in [2.75, 3.05) is 0 Å². The Balaban J connectivity index is 2.38. The molecule has 1 atom stereocenters. The molecular formula is C17H25N3. The van der Waals surface area contributed by atoms with Gasteiger partial charge in [0.15, 0.2) is 0 Å². The molecule has 1 heterocycles. The van der Waals surface area contributed by atoms with Crippen LogP contribution in [0.5, 0.6) is 0 Å². The third kappa shape index (κ3) is 3.10. The van der Waals surface area contributed by atoms with Crippen LogP contribution in [-0.2, 0) is 19.3 Å². The lowest BCUT2D eigenvalue weighted by molar-refractivity contribution is 0.733. The number of aromatic nitrogens is 2. The van der Waals surface area contributed by atoms with E-state index in [0.717, 1.165) is 30.6 Å². The van der Waals surface area contributed by atoms with Crippen molar-refractivity contribution < 1.29 is 0 Å². The van der Waals surface area contributed by atoms with Crippen molar-refractivity contribution in [3.8, 4) is 5.69 Å². The van der Waals surface area contributed by atoms with E-state index in [1.165, 1.54) is 16.8 Å². The summed E-state index contributed by atoms with van der Waals surface area (Å²) in [4.78, 5) is 0. The average Bonchev–Trinajstić information content (AvgIpc) is 2.84. The maximum atomic E-state index is 5.89. The van der Waals surface area contributed by atoms with Gasteiger partial charge in [-0.25, -0.2) is 4.68 Å². The van der Waals surface area contributed by atoms with Crippen LogP contribution in [0.3, 0.4) is 0 Å². The first kappa shape index (κ1) is 14.8. The third-order valence-corrected chi connectivity index (χ3v) is 3.67. The molecule has 1 aromatic carbocycles. The van der Waals surface area contributed by atoms with Gasteiger partial charge in [0.2, 0.25) is 0 Å². The third-order valence-electron chi connectivity index (χ3n) is 3.67. The molecule has 0 saturated heterocycles. The molecule has 1 unspecified atom stereocenters. The summed E-state index contributed by atoms with van der Waals surface area (Å²) >= 11 is 0. The van der Waals surface area contributed by atoms with E-state index in [0.29, 0.717) is 0 Å². The van der Waals surface area contributed by atoms with E-state index in [2.05, 4.69) is 49.7 Å². The Labute approximate surface area is 121 Å². The molecule has 0 spiro atoms. The molecule has 0 bridgehead atoms. The van der Waals surface area contributed by atoms with Crippen LogP contribution in [-0.4, -0.2) is 15.8 Å². The minimum Gasteiger partial charge on any atom is -0.328 e. The number of benzene rings is 1. The van der Waals surface area contributed by atoms with E-state index >= 15 is 0 Å². The van der Waals surface area contributed by atoms with Crippen molar-refractivity contribution in [3.63, 3.8) is 0 Å². The minimum absolute atomic E-state index is 0.196. The Hall–Kier alpha value is -1.61. The first-order valence-corrected chi connectivity index (χ1v) is 7.48. The summed E-state index contributed by atoms with van der Waals surface area (Å²) in [5.74, 6) is 0. The second kappa shape index (κ2) is 6.23. The number of hydrogen-bond acceptors (Lipinski definition) is 2. The van der Waals surface area contributed by atoms with Gasteiger partial charge >= 0.3 is 0 Å². The fourth-order valence-corrected chi connectivity index (χ4v) is 2.51. The molecule has 2 rings (SSSR count). The lowest BCUT2D eigenvalue weighted by Crippen LogP contribution is -2.18. The van der Waals surface area contributed by atoms with Crippen molar-refractivity contribution in [1.29, 1.82) is 0 Å². The zero-order valence-electron chi connectivity index (χ0n) is 13.0. The van der Waals surface area contributed by atoms with Gasteiger partial charge in [0.25, 0.3) is 0 Å². The van der Waals surface area contributed by atoms with Crippen LogP contribution in [0.1, 0.15) is 43.3 Å². The molecule has 0 aliphatic carbocycles. The lowest BCUT2D eigenvalue weighted by Gasteiger charge is -2.12. The predicted octanol–water partition coefficient (Wildman–Crippen LogP) is 3.20. The van der Waals surface area contributed by atoms with Gasteiger partial charge in [-0.3, -0.25) is 0 Å². The summed E-state index contributed by atoms with van der Waals surface area (Å²) in [6.45, 7) is 8.51. The highest BCUT2D eigenvalue weighted by atomic mass is 15.3. The van der Waals surface area contributed by atoms with E-state index in [4.69, 9.17) is 10.8 Å². The van der Waals surface area contributed by atoms with Crippen molar-refractivity contribution in [2.45, 2.75) is 53.0 Å². The second-order valence-electron chi connectivity index (χ2n) is 5.54. The smallest absolute Gasteiger partial charge is 0.0651 e. The normalized spacial score (nSPS) is 12.7. The standard InChI is InChI=1S/C17H25N3/c1-5-15-11-16(6-2)20(19-15)17-8-7-14(10-13(4)18)12(3)9-17/h7-9,11,13H,5-6,10,18H2,1-4H3. The van der Waals surface area contributed by atoms with E-state index in [1.807, 2.05) is 6.92 Å². The summed E-state index contributed by atoms with van der Waals surface area (Å²) in [5, 5.41) is 4.69. The van der Waals surface area contributed by atoms with Gasteiger partial charge in [-0.15, -0.1) is 0 Å². The van der Waals surface area contributed by atoms with Crippen LogP contribution in [0.25, 0.3) is 5.69 Å². The van der Waals surface area contributed by atoms with Gasteiger partial charge in [-0.2, -0.15) is 5.10 Å². The van der Waals surface area contributed by atoms with E-state index in [1.54, 1.807) is 0 Å². The first-order valence-electron chi connectivity index (χ1n) is 7.48. The Morgan fingerprint density at radius 1 is 1.20 bits per heavy atom. The summed E-state index contributed by atoms with van der Waals surface area (Å²) in [6.07, 6.45) is 2.89. The summed E-state index contributed by atoms with van der Waals surface area (Å²) < 4.78 is 2.07. The molecule has 1 aromatic heterocycles. The Bertz CT molecular complexity index is 582. The molecule has 2 N–H and O–H groups in total. The highest BCUT2D eigenvalue weighted by Gasteiger charge is 2.09. The number of rotatable bonds is 5. The molecule has 3 heteroatoms. The van der Waals surface area contributed by atoms with E-state index < -0.39 is 0 Å². The number of nitrogens with two attached hydrogens (primary N) is 1. The molecule has 0 aliphatic heterocycles. The molecule has 108 valence electrons. The van der Waals surface area contributed by atoms with Gasteiger partial charge in [-0.1, -0.05) is 19.9 Å². The topological polar surface area (TPSA) is 43.8 Å². The Morgan fingerprint density at radius 3 is 2.50 bits per heavy atom. The predicted molar refractivity (Wildman–Crippen MR) is 84.4 cm³/mol. The number of nitrogens with zero attached hydrogens (tertiary/aromatic N) is 2. The highest BCUT2D eigenvalue weighted by Crippen LogP contribution is 2.18.